The highest BCUT2D eigenvalue weighted by molar-refractivity contribution is 7.15. The standard InChI is InChI=1S/C27H23ClFN5O4S/c1-16-5-3-4-6-20(16)26(36)31-27-34-33-24(39-27)13-23(35)32-30-14-18-11-21(28)25(22(12-18)37-2)38-15-17-7-9-19(29)10-8-17/h3-12,14H,13,15H2,1-2H3,(H,32,35)(H,31,34,36)/b30-14+. The lowest BCUT2D eigenvalue weighted by Gasteiger charge is -2.13. The highest BCUT2D eigenvalue weighted by atomic mass is 35.5. The van der Waals surface area contributed by atoms with Gasteiger partial charge >= 0.3 is 0 Å². The Kier molecular flexibility index (Phi) is 9.18. The van der Waals surface area contributed by atoms with E-state index < -0.39 is 5.91 Å². The Bertz CT molecular complexity index is 1510. The van der Waals surface area contributed by atoms with Crippen molar-refractivity contribution in [2.45, 2.75) is 20.0 Å². The minimum Gasteiger partial charge on any atom is -0.493 e. The van der Waals surface area contributed by atoms with Crippen LogP contribution in [-0.2, 0) is 17.8 Å². The molecule has 9 nitrogen and oxygen atoms in total. The van der Waals surface area contributed by atoms with E-state index in [4.69, 9.17) is 21.1 Å². The van der Waals surface area contributed by atoms with Gasteiger partial charge in [-0.05, 0) is 53.9 Å². The molecule has 12 heteroatoms. The second-order valence-electron chi connectivity index (χ2n) is 8.19. The van der Waals surface area contributed by atoms with Gasteiger partial charge in [-0.15, -0.1) is 10.2 Å². The normalized spacial score (nSPS) is 10.9. The fraction of sp³-hybridized carbons (Fsp3) is 0.148. The van der Waals surface area contributed by atoms with Crippen molar-refractivity contribution in [1.29, 1.82) is 0 Å². The number of benzene rings is 3. The summed E-state index contributed by atoms with van der Waals surface area (Å²) in [7, 11) is 1.47. The quantitative estimate of drug-likeness (QED) is 0.202. The van der Waals surface area contributed by atoms with Gasteiger partial charge in [-0.2, -0.15) is 5.10 Å². The summed E-state index contributed by atoms with van der Waals surface area (Å²) in [5.74, 6) is -0.361. The second-order valence-corrected chi connectivity index (χ2v) is 9.66. The van der Waals surface area contributed by atoms with Crippen molar-refractivity contribution < 1.29 is 23.5 Å². The van der Waals surface area contributed by atoms with E-state index in [2.05, 4.69) is 26.0 Å². The van der Waals surface area contributed by atoms with Crippen LogP contribution < -0.4 is 20.2 Å². The molecule has 0 bridgehead atoms. The highest BCUT2D eigenvalue weighted by Crippen LogP contribution is 2.36. The third-order valence-corrected chi connectivity index (χ3v) is 6.46. The van der Waals surface area contributed by atoms with Gasteiger partial charge in [-0.1, -0.05) is 53.3 Å². The van der Waals surface area contributed by atoms with Gasteiger partial charge in [0.15, 0.2) is 11.5 Å². The molecule has 1 aromatic heterocycles. The molecule has 0 spiro atoms. The van der Waals surface area contributed by atoms with E-state index in [1.807, 2.05) is 19.1 Å². The van der Waals surface area contributed by atoms with Crippen LogP contribution in [0, 0.1) is 12.7 Å². The second kappa shape index (κ2) is 12.9. The van der Waals surface area contributed by atoms with E-state index in [9.17, 15) is 14.0 Å². The van der Waals surface area contributed by atoms with Crippen molar-refractivity contribution in [3.8, 4) is 11.5 Å². The maximum absolute atomic E-state index is 13.1. The van der Waals surface area contributed by atoms with Crippen LogP contribution in [0.2, 0.25) is 5.02 Å². The summed E-state index contributed by atoms with van der Waals surface area (Å²) in [6, 6.07) is 16.4. The lowest BCUT2D eigenvalue weighted by molar-refractivity contribution is -0.120. The summed E-state index contributed by atoms with van der Waals surface area (Å²) < 4.78 is 24.3. The molecule has 2 amide bonds. The van der Waals surface area contributed by atoms with Crippen molar-refractivity contribution >= 4 is 46.1 Å². The van der Waals surface area contributed by atoms with Crippen LogP contribution in [-0.4, -0.2) is 35.3 Å². The van der Waals surface area contributed by atoms with Crippen molar-refractivity contribution in [1.82, 2.24) is 15.6 Å². The number of amides is 2. The van der Waals surface area contributed by atoms with Gasteiger partial charge in [0.25, 0.3) is 5.91 Å². The number of carbonyl (C=O) groups is 2. The number of rotatable bonds is 10. The molecule has 1 heterocycles. The molecule has 200 valence electrons. The Balaban J connectivity index is 1.31. The molecular formula is C27H23ClFN5O4S. The molecule has 2 N–H and O–H groups in total. The van der Waals surface area contributed by atoms with Crippen LogP contribution in [0.1, 0.15) is 32.1 Å². The van der Waals surface area contributed by atoms with Gasteiger partial charge in [0.2, 0.25) is 11.0 Å². The average Bonchev–Trinajstić information content (AvgIpc) is 3.35. The number of aromatic nitrogens is 2. The van der Waals surface area contributed by atoms with Gasteiger partial charge in [0, 0.05) is 5.56 Å². The van der Waals surface area contributed by atoms with E-state index in [1.165, 1.54) is 25.5 Å². The molecule has 0 unspecified atom stereocenters. The van der Waals surface area contributed by atoms with Gasteiger partial charge < -0.3 is 9.47 Å². The first kappa shape index (κ1) is 27.7. The molecule has 0 radical (unpaired) electrons. The predicted octanol–water partition coefficient (Wildman–Crippen LogP) is 5.17. The monoisotopic (exact) mass is 567 g/mol. The Morgan fingerprint density at radius 2 is 1.90 bits per heavy atom. The molecule has 4 aromatic rings. The maximum Gasteiger partial charge on any atom is 0.257 e. The third kappa shape index (κ3) is 7.59. The smallest absolute Gasteiger partial charge is 0.257 e. The van der Waals surface area contributed by atoms with E-state index in [0.29, 0.717) is 27.6 Å². The number of hydrogen-bond acceptors (Lipinski definition) is 8. The number of carbonyl (C=O) groups excluding carboxylic acids is 2. The predicted molar refractivity (Wildman–Crippen MR) is 147 cm³/mol. The lowest BCUT2D eigenvalue weighted by Crippen LogP contribution is -2.19. The van der Waals surface area contributed by atoms with Crippen LogP contribution >= 0.6 is 22.9 Å². The number of nitrogens with zero attached hydrogens (tertiary/aromatic N) is 3. The lowest BCUT2D eigenvalue weighted by atomic mass is 10.1. The number of ether oxygens (including phenoxy) is 2. The van der Waals surface area contributed by atoms with Gasteiger partial charge in [-0.25, -0.2) is 9.82 Å². The fourth-order valence-electron chi connectivity index (χ4n) is 3.41. The first-order valence-corrected chi connectivity index (χ1v) is 12.8. The van der Waals surface area contributed by atoms with Gasteiger partial charge in [0.1, 0.15) is 17.4 Å². The zero-order valence-corrected chi connectivity index (χ0v) is 22.5. The summed E-state index contributed by atoms with van der Waals surface area (Å²) in [6.45, 7) is 2.01. The fourth-order valence-corrected chi connectivity index (χ4v) is 4.42. The molecule has 0 aliphatic carbocycles. The number of hydrazone groups is 1. The SMILES string of the molecule is COc1cc(/C=N/NC(=O)Cc2nnc(NC(=O)c3ccccc3C)s2)cc(Cl)c1OCc1ccc(F)cc1. The zero-order chi connectivity index (χ0) is 27.8. The molecule has 3 aromatic carbocycles. The molecule has 4 rings (SSSR count). The van der Waals surface area contributed by atoms with Gasteiger partial charge in [0.05, 0.1) is 24.8 Å². The molecule has 0 fully saturated rings. The third-order valence-electron chi connectivity index (χ3n) is 5.34. The molecule has 0 saturated carbocycles. The number of halogens is 2. The summed E-state index contributed by atoms with van der Waals surface area (Å²) in [5.41, 5.74) is 5.11. The summed E-state index contributed by atoms with van der Waals surface area (Å²) in [6.07, 6.45) is 1.33. The summed E-state index contributed by atoms with van der Waals surface area (Å²) >= 11 is 7.48. The number of anilines is 1. The van der Waals surface area contributed by atoms with Crippen LogP contribution in [0.15, 0.2) is 65.8 Å². The van der Waals surface area contributed by atoms with Crippen LogP contribution in [0.3, 0.4) is 0 Å². The number of hydrogen-bond donors (Lipinski definition) is 2. The molecule has 0 saturated heterocycles. The summed E-state index contributed by atoms with van der Waals surface area (Å²) in [5, 5.41) is 15.5. The largest absolute Gasteiger partial charge is 0.493 e. The van der Waals surface area contributed by atoms with Crippen LogP contribution in [0.4, 0.5) is 9.52 Å². The van der Waals surface area contributed by atoms with E-state index in [0.717, 1.165) is 22.5 Å². The van der Waals surface area contributed by atoms with Crippen molar-refractivity contribution in [3.05, 3.63) is 98.8 Å². The first-order chi connectivity index (χ1) is 18.8. The van der Waals surface area contributed by atoms with E-state index in [1.54, 1.807) is 36.4 Å². The van der Waals surface area contributed by atoms with Crippen LogP contribution in [0.5, 0.6) is 11.5 Å². The van der Waals surface area contributed by atoms with Gasteiger partial charge in [-0.3, -0.25) is 14.9 Å². The molecule has 0 aliphatic rings. The topological polar surface area (TPSA) is 115 Å². The Labute approximate surface area is 232 Å². The molecular weight excluding hydrogens is 545 g/mol. The summed E-state index contributed by atoms with van der Waals surface area (Å²) in [4.78, 5) is 24.8. The zero-order valence-electron chi connectivity index (χ0n) is 20.9. The minimum atomic E-state index is -0.420. The maximum atomic E-state index is 13.1. The first-order valence-electron chi connectivity index (χ1n) is 11.6. The van der Waals surface area contributed by atoms with Crippen LogP contribution in [0.25, 0.3) is 0 Å². The average molecular weight is 568 g/mol. The molecule has 0 atom stereocenters. The molecule has 39 heavy (non-hydrogen) atoms. The highest BCUT2D eigenvalue weighted by Gasteiger charge is 2.14. The minimum absolute atomic E-state index is 0.0739. The Morgan fingerprint density at radius 3 is 2.64 bits per heavy atom. The number of methoxy groups -OCH3 is 1. The number of nitrogens with one attached hydrogen (secondary N) is 2. The Hall–Kier alpha value is -4.35. The molecule has 0 aliphatic heterocycles. The number of aryl methyl sites for hydroxylation is 1. The van der Waals surface area contributed by atoms with E-state index >= 15 is 0 Å². The van der Waals surface area contributed by atoms with Crippen molar-refractivity contribution in [2.24, 2.45) is 5.10 Å². The van der Waals surface area contributed by atoms with E-state index in [-0.39, 0.29) is 34.9 Å². The van der Waals surface area contributed by atoms with Crippen molar-refractivity contribution in [2.75, 3.05) is 12.4 Å². The Morgan fingerprint density at radius 1 is 1.13 bits per heavy atom. The van der Waals surface area contributed by atoms with Crippen molar-refractivity contribution in [3.63, 3.8) is 0 Å².